The van der Waals surface area contributed by atoms with Gasteiger partial charge in [0, 0.05) is 51.0 Å². The van der Waals surface area contributed by atoms with E-state index < -0.39 is 15.8 Å². The smallest absolute Gasteiger partial charge is 0.262 e. The molecule has 1 aliphatic rings. The first-order valence-electron chi connectivity index (χ1n) is 12.5. The lowest BCUT2D eigenvalue weighted by molar-refractivity contribution is 0.149. The first-order chi connectivity index (χ1) is 18.7. The van der Waals surface area contributed by atoms with E-state index in [0.717, 1.165) is 44.9 Å². The second-order valence-corrected chi connectivity index (χ2v) is 11.1. The molecular formula is C27H29FN6O4S. The van der Waals surface area contributed by atoms with Crippen LogP contribution >= 0.6 is 0 Å². The van der Waals surface area contributed by atoms with E-state index >= 15 is 0 Å². The number of sulfonamides is 1. The molecule has 1 N–H and O–H groups in total. The van der Waals surface area contributed by atoms with Gasteiger partial charge < -0.3 is 9.64 Å². The second kappa shape index (κ2) is 11.1. The Morgan fingerprint density at radius 1 is 0.974 bits per heavy atom. The Morgan fingerprint density at radius 2 is 1.72 bits per heavy atom. The molecule has 39 heavy (non-hydrogen) atoms. The van der Waals surface area contributed by atoms with Crippen LogP contribution in [0.4, 0.5) is 10.1 Å². The molecule has 12 heteroatoms. The maximum absolute atomic E-state index is 13.3. The van der Waals surface area contributed by atoms with Gasteiger partial charge in [-0.2, -0.15) is 0 Å². The average Bonchev–Trinajstić information content (AvgIpc) is 2.93. The lowest BCUT2D eigenvalue weighted by atomic mass is 10.1. The zero-order valence-electron chi connectivity index (χ0n) is 21.7. The molecule has 1 saturated heterocycles. The molecule has 3 heterocycles. The maximum Gasteiger partial charge on any atom is 0.262 e. The van der Waals surface area contributed by atoms with Gasteiger partial charge in [0.1, 0.15) is 11.5 Å². The summed E-state index contributed by atoms with van der Waals surface area (Å²) in [6.07, 6.45) is 3.12. The minimum atomic E-state index is -4.03. The van der Waals surface area contributed by atoms with E-state index in [1.807, 2.05) is 0 Å². The van der Waals surface area contributed by atoms with Crippen LogP contribution in [0, 0.1) is 5.82 Å². The Kier molecular flexibility index (Phi) is 7.60. The fraction of sp³-hybridized carbons (Fsp3) is 0.296. The highest BCUT2D eigenvalue weighted by atomic mass is 32.2. The second-order valence-electron chi connectivity index (χ2n) is 9.46. The van der Waals surface area contributed by atoms with Gasteiger partial charge >= 0.3 is 0 Å². The summed E-state index contributed by atoms with van der Waals surface area (Å²) in [5, 5.41) is 0.456. The molecule has 0 unspecified atom stereocenters. The van der Waals surface area contributed by atoms with Gasteiger partial charge in [0.15, 0.2) is 0 Å². The molecule has 2 aromatic heterocycles. The van der Waals surface area contributed by atoms with E-state index in [1.165, 1.54) is 25.4 Å². The van der Waals surface area contributed by atoms with E-state index in [0.29, 0.717) is 28.6 Å². The predicted octanol–water partition coefficient (Wildman–Crippen LogP) is 2.65. The van der Waals surface area contributed by atoms with Gasteiger partial charge in [-0.1, -0.05) is 6.07 Å². The van der Waals surface area contributed by atoms with Crippen molar-refractivity contribution in [2.75, 3.05) is 51.6 Å². The highest BCUT2D eigenvalue weighted by Gasteiger charge is 2.19. The fourth-order valence-electron chi connectivity index (χ4n) is 4.48. The van der Waals surface area contributed by atoms with Crippen molar-refractivity contribution in [1.82, 2.24) is 24.3 Å². The van der Waals surface area contributed by atoms with Crippen LogP contribution in [0.3, 0.4) is 0 Å². The predicted molar refractivity (Wildman–Crippen MR) is 147 cm³/mol. The van der Waals surface area contributed by atoms with Crippen LogP contribution in [0.25, 0.3) is 22.0 Å². The van der Waals surface area contributed by atoms with Crippen molar-refractivity contribution in [3.8, 4) is 17.0 Å². The lowest BCUT2D eigenvalue weighted by Crippen LogP contribution is -2.45. The molecule has 204 valence electrons. The maximum atomic E-state index is 13.3. The van der Waals surface area contributed by atoms with Gasteiger partial charge in [-0.05, 0) is 55.1 Å². The number of ether oxygens (including phenoxy) is 1. The molecule has 0 aliphatic carbocycles. The molecule has 0 bridgehead atoms. The molecule has 0 radical (unpaired) electrons. The van der Waals surface area contributed by atoms with Crippen LogP contribution in [0.15, 0.2) is 70.7 Å². The Bertz CT molecular complexity index is 1650. The Balaban J connectivity index is 1.43. The van der Waals surface area contributed by atoms with Crippen LogP contribution in [0.5, 0.6) is 5.88 Å². The molecule has 5 rings (SSSR count). The first kappa shape index (κ1) is 26.7. The third kappa shape index (κ3) is 5.92. The molecule has 0 amide bonds. The van der Waals surface area contributed by atoms with Crippen LogP contribution in [-0.2, 0) is 16.6 Å². The number of piperazine rings is 1. The highest BCUT2D eigenvalue weighted by molar-refractivity contribution is 7.92. The summed E-state index contributed by atoms with van der Waals surface area (Å²) in [5.74, 6) is -0.475. The largest absolute Gasteiger partial charge is 0.480 e. The van der Waals surface area contributed by atoms with Crippen LogP contribution in [0.2, 0.25) is 0 Å². The van der Waals surface area contributed by atoms with Crippen molar-refractivity contribution in [1.29, 1.82) is 0 Å². The van der Waals surface area contributed by atoms with Gasteiger partial charge in [-0.3, -0.25) is 19.0 Å². The summed E-state index contributed by atoms with van der Waals surface area (Å²) in [7, 11) is -0.549. The van der Waals surface area contributed by atoms with E-state index in [2.05, 4.69) is 31.5 Å². The number of likely N-dealkylation sites (N-methyl/N-ethyl adjacent to an activating group) is 1. The lowest BCUT2D eigenvalue weighted by Gasteiger charge is -2.32. The summed E-state index contributed by atoms with van der Waals surface area (Å²) < 4.78 is 48.4. The minimum Gasteiger partial charge on any atom is -0.480 e. The van der Waals surface area contributed by atoms with Crippen molar-refractivity contribution in [3.63, 3.8) is 0 Å². The third-order valence-electron chi connectivity index (χ3n) is 6.82. The first-order valence-corrected chi connectivity index (χ1v) is 13.9. The summed E-state index contributed by atoms with van der Waals surface area (Å²) in [5.41, 5.74) is 1.76. The number of benzene rings is 2. The van der Waals surface area contributed by atoms with E-state index in [-0.39, 0.29) is 22.0 Å². The molecule has 0 saturated carbocycles. The van der Waals surface area contributed by atoms with Crippen molar-refractivity contribution >= 4 is 26.6 Å². The van der Waals surface area contributed by atoms with Gasteiger partial charge in [0.05, 0.1) is 29.2 Å². The number of rotatable bonds is 8. The number of fused-ring (bicyclic) bond motifs is 1. The number of nitrogens with one attached hydrogen (secondary N) is 1. The molecule has 10 nitrogen and oxygen atoms in total. The van der Waals surface area contributed by atoms with Crippen molar-refractivity contribution < 1.29 is 17.5 Å². The van der Waals surface area contributed by atoms with Crippen LogP contribution in [0.1, 0.15) is 0 Å². The van der Waals surface area contributed by atoms with Crippen molar-refractivity contribution in [3.05, 3.63) is 77.2 Å². The van der Waals surface area contributed by atoms with E-state index in [4.69, 9.17) is 4.74 Å². The molecule has 0 atom stereocenters. The molecule has 4 aromatic rings. The minimum absolute atomic E-state index is 0.0677. The standard InChI is InChI=1S/C27H29FN6O4S/c1-32-9-11-33(12-10-32)13-14-34-18-30-24-8-3-19(15-23(24)27(34)35)20-16-25(26(38-2)29-17-20)31-39(36,37)22-6-4-21(28)5-7-22/h3-8,15-18,31H,9-14H2,1-2H3. The molecule has 2 aromatic carbocycles. The fourth-order valence-corrected chi connectivity index (χ4v) is 5.53. The van der Waals surface area contributed by atoms with Crippen molar-refractivity contribution in [2.24, 2.45) is 0 Å². The summed E-state index contributed by atoms with van der Waals surface area (Å²) >= 11 is 0. The quantitative estimate of drug-likeness (QED) is 0.355. The number of pyridine rings is 1. The van der Waals surface area contributed by atoms with Crippen molar-refractivity contribution in [2.45, 2.75) is 11.4 Å². The molecule has 1 aliphatic heterocycles. The Morgan fingerprint density at radius 3 is 2.44 bits per heavy atom. The van der Waals surface area contributed by atoms with Gasteiger partial charge in [0.2, 0.25) is 5.88 Å². The SMILES string of the molecule is COc1ncc(-c2ccc3ncn(CCN4CCN(C)CC4)c(=O)c3c2)cc1NS(=O)(=O)c1ccc(F)cc1. The molecule has 0 spiro atoms. The number of nitrogens with zero attached hydrogens (tertiary/aromatic N) is 5. The number of anilines is 1. The van der Waals surface area contributed by atoms with Crippen LogP contribution in [-0.4, -0.2) is 79.6 Å². The number of hydrogen-bond donors (Lipinski definition) is 1. The monoisotopic (exact) mass is 552 g/mol. The zero-order chi connectivity index (χ0) is 27.6. The van der Waals surface area contributed by atoms with Crippen LogP contribution < -0.4 is 15.0 Å². The topological polar surface area (TPSA) is 110 Å². The molecular weight excluding hydrogens is 523 g/mol. The van der Waals surface area contributed by atoms with Gasteiger partial charge in [-0.25, -0.2) is 22.8 Å². The summed E-state index contributed by atoms with van der Waals surface area (Å²) in [6.45, 7) is 5.25. The highest BCUT2D eigenvalue weighted by Crippen LogP contribution is 2.31. The van der Waals surface area contributed by atoms with E-state index in [9.17, 15) is 17.6 Å². The summed E-state index contributed by atoms with van der Waals surface area (Å²) in [6, 6.07) is 11.4. The average molecular weight is 553 g/mol. The third-order valence-corrected chi connectivity index (χ3v) is 8.20. The normalized spacial score (nSPS) is 14.9. The zero-order valence-corrected chi connectivity index (χ0v) is 22.5. The molecule has 1 fully saturated rings. The van der Waals surface area contributed by atoms with Gasteiger partial charge in [0.25, 0.3) is 15.6 Å². The number of aromatic nitrogens is 3. The summed E-state index contributed by atoms with van der Waals surface area (Å²) in [4.78, 5) is 26.6. The number of methoxy groups -OCH3 is 1. The Labute approximate surface area is 225 Å². The Hall–Kier alpha value is -3.87. The number of hydrogen-bond acceptors (Lipinski definition) is 8. The number of halogens is 1. The van der Waals surface area contributed by atoms with Gasteiger partial charge in [-0.15, -0.1) is 0 Å². The van der Waals surface area contributed by atoms with E-state index in [1.54, 1.807) is 35.2 Å².